The molecular formula is C20H25N3O4. The van der Waals surface area contributed by atoms with Crippen LogP contribution < -0.4 is 0 Å². The molecule has 1 amide bonds. The largest absolute Gasteiger partial charge is 0.481 e. The summed E-state index contributed by atoms with van der Waals surface area (Å²) in [5.74, 6) is 0.0159. The number of nitrogens with zero attached hydrogens (tertiary/aromatic N) is 3. The quantitative estimate of drug-likeness (QED) is 0.838. The minimum absolute atomic E-state index is 0.0676. The molecule has 1 aliphatic heterocycles. The van der Waals surface area contributed by atoms with Gasteiger partial charge in [-0.25, -0.2) is 0 Å². The summed E-state index contributed by atoms with van der Waals surface area (Å²) in [6.07, 6.45) is 1.94. The zero-order chi connectivity index (χ0) is 19.4. The number of amides is 1. The first kappa shape index (κ1) is 19.1. The molecule has 0 radical (unpaired) electrons. The van der Waals surface area contributed by atoms with Crippen LogP contribution in [0.25, 0.3) is 11.4 Å². The van der Waals surface area contributed by atoms with E-state index in [1.54, 1.807) is 4.90 Å². The third kappa shape index (κ3) is 4.72. The zero-order valence-corrected chi connectivity index (χ0v) is 15.7. The number of aliphatic carboxylic acids is 1. The van der Waals surface area contributed by atoms with Crippen molar-refractivity contribution in [2.45, 2.75) is 45.4 Å². The standard InChI is InChI=1S/C20H25N3O4/c1-13(2)14-5-7-15(8-6-14)19-21-17(27-22-19)9-10-18(24)23-11-3-4-16(12-23)20(25)26/h5-8,13,16H,3-4,9-12H2,1-2H3,(H,25,26)/t16-/m1/s1. The van der Waals surface area contributed by atoms with Crippen LogP contribution in [0.2, 0.25) is 0 Å². The second kappa shape index (κ2) is 8.33. The number of carboxylic acid groups (broad SMARTS) is 1. The molecule has 1 N–H and O–H groups in total. The number of hydrogen-bond acceptors (Lipinski definition) is 5. The molecule has 1 aromatic carbocycles. The van der Waals surface area contributed by atoms with Gasteiger partial charge in [0.1, 0.15) is 0 Å². The number of rotatable bonds is 6. The molecule has 1 aromatic heterocycles. The highest BCUT2D eigenvalue weighted by atomic mass is 16.5. The summed E-state index contributed by atoms with van der Waals surface area (Å²) in [7, 11) is 0. The van der Waals surface area contributed by atoms with E-state index in [0.717, 1.165) is 12.0 Å². The van der Waals surface area contributed by atoms with Crippen molar-refractivity contribution in [2.24, 2.45) is 5.92 Å². The number of likely N-dealkylation sites (tertiary alicyclic amines) is 1. The Morgan fingerprint density at radius 1 is 1.30 bits per heavy atom. The Morgan fingerprint density at radius 2 is 2.04 bits per heavy atom. The summed E-state index contributed by atoms with van der Waals surface area (Å²) >= 11 is 0. The number of aryl methyl sites for hydroxylation is 1. The molecule has 144 valence electrons. The maximum Gasteiger partial charge on any atom is 0.308 e. The Kier molecular flexibility index (Phi) is 5.88. The number of carbonyl (C=O) groups excluding carboxylic acids is 1. The fraction of sp³-hybridized carbons (Fsp3) is 0.500. The first-order chi connectivity index (χ1) is 12.9. The molecule has 0 unspecified atom stereocenters. The van der Waals surface area contributed by atoms with Crippen molar-refractivity contribution in [3.63, 3.8) is 0 Å². The SMILES string of the molecule is CC(C)c1ccc(-c2noc(CCC(=O)N3CCC[C@@H](C(=O)O)C3)n2)cc1. The van der Waals surface area contributed by atoms with Gasteiger partial charge in [-0.1, -0.05) is 43.3 Å². The van der Waals surface area contributed by atoms with Gasteiger partial charge in [-0.05, 0) is 24.3 Å². The van der Waals surface area contributed by atoms with Gasteiger partial charge in [0.2, 0.25) is 17.6 Å². The second-order valence-corrected chi connectivity index (χ2v) is 7.31. The summed E-state index contributed by atoms with van der Waals surface area (Å²) in [6.45, 7) is 5.17. The molecule has 7 nitrogen and oxygen atoms in total. The molecule has 1 fully saturated rings. The summed E-state index contributed by atoms with van der Waals surface area (Å²) < 4.78 is 5.27. The van der Waals surface area contributed by atoms with E-state index < -0.39 is 11.9 Å². The van der Waals surface area contributed by atoms with E-state index in [0.29, 0.717) is 37.0 Å². The Morgan fingerprint density at radius 3 is 2.70 bits per heavy atom. The number of benzene rings is 1. The molecule has 7 heteroatoms. The molecule has 27 heavy (non-hydrogen) atoms. The van der Waals surface area contributed by atoms with Crippen molar-refractivity contribution in [3.05, 3.63) is 35.7 Å². The average molecular weight is 371 g/mol. The van der Waals surface area contributed by atoms with Crippen LogP contribution in [-0.2, 0) is 16.0 Å². The lowest BCUT2D eigenvalue weighted by atomic mass is 9.98. The second-order valence-electron chi connectivity index (χ2n) is 7.31. The highest BCUT2D eigenvalue weighted by molar-refractivity contribution is 5.78. The van der Waals surface area contributed by atoms with Crippen LogP contribution >= 0.6 is 0 Å². The molecular weight excluding hydrogens is 346 g/mol. The Labute approximate surface area is 158 Å². The Bertz CT molecular complexity index is 798. The molecule has 1 aliphatic rings. The molecule has 3 rings (SSSR count). The van der Waals surface area contributed by atoms with E-state index in [9.17, 15) is 9.59 Å². The zero-order valence-electron chi connectivity index (χ0n) is 15.7. The first-order valence-corrected chi connectivity index (χ1v) is 9.37. The molecule has 1 saturated heterocycles. The van der Waals surface area contributed by atoms with Gasteiger partial charge in [-0.3, -0.25) is 9.59 Å². The molecule has 0 spiro atoms. The Balaban J connectivity index is 1.56. The van der Waals surface area contributed by atoms with E-state index in [1.165, 1.54) is 5.56 Å². The third-order valence-corrected chi connectivity index (χ3v) is 4.98. The smallest absolute Gasteiger partial charge is 0.308 e. The van der Waals surface area contributed by atoms with Crippen LogP contribution in [0.1, 0.15) is 50.5 Å². The summed E-state index contributed by atoms with van der Waals surface area (Å²) in [5.41, 5.74) is 2.12. The predicted octanol–water partition coefficient (Wildman–Crippen LogP) is 3.12. The third-order valence-electron chi connectivity index (χ3n) is 4.98. The maximum atomic E-state index is 12.4. The fourth-order valence-electron chi connectivity index (χ4n) is 3.27. The number of carboxylic acids is 1. The normalized spacial score (nSPS) is 17.3. The highest BCUT2D eigenvalue weighted by Gasteiger charge is 2.28. The number of aromatic nitrogens is 2. The van der Waals surface area contributed by atoms with E-state index in [-0.39, 0.29) is 18.9 Å². The minimum atomic E-state index is -0.836. The molecule has 1 atom stereocenters. The van der Waals surface area contributed by atoms with Gasteiger partial charge in [-0.2, -0.15) is 4.98 Å². The van der Waals surface area contributed by atoms with Gasteiger partial charge in [0.15, 0.2) is 0 Å². The summed E-state index contributed by atoms with van der Waals surface area (Å²) in [4.78, 5) is 29.5. The van der Waals surface area contributed by atoms with Crippen molar-refractivity contribution < 1.29 is 19.2 Å². The van der Waals surface area contributed by atoms with Crippen molar-refractivity contribution >= 4 is 11.9 Å². The van der Waals surface area contributed by atoms with Gasteiger partial charge in [0.25, 0.3) is 0 Å². The van der Waals surface area contributed by atoms with Gasteiger partial charge >= 0.3 is 5.97 Å². The average Bonchev–Trinajstić information content (AvgIpc) is 3.15. The monoisotopic (exact) mass is 371 g/mol. The van der Waals surface area contributed by atoms with Crippen LogP contribution in [0.3, 0.4) is 0 Å². The van der Waals surface area contributed by atoms with Crippen LogP contribution in [-0.4, -0.2) is 45.1 Å². The number of hydrogen-bond donors (Lipinski definition) is 1. The Hall–Kier alpha value is -2.70. The fourth-order valence-corrected chi connectivity index (χ4v) is 3.27. The van der Waals surface area contributed by atoms with Gasteiger partial charge < -0.3 is 14.5 Å². The molecule has 0 bridgehead atoms. The molecule has 0 aliphatic carbocycles. The lowest BCUT2D eigenvalue weighted by molar-refractivity contribution is -0.145. The summed E-state index contributed by atoms with van der Waals surface area (Å²) in [5, 5.41) is 13.1. The van der Waals surface area contributed by atoms with Crippen molar-refractivity contribution in [2.75, 3.05) is 13.1 Å². The van der Waals surface area contributed by atoms with E-state index in [2.05, 4.69) is 36.1 Å². The maximum absolute atomic E-state index is 12.4. The first-order valence-electron chi connectivity index (χ1n) is 9.37. The van der Waals surface area contributed by atoms with Crippen molar-refractivity contribution in [1.82, 2.24) is 15.0 Å². The topological polar surface area (TPSA) is 96.5 Å². The van der Waals surface area contributed by atoms with Gasteiger partial charge in [0, 0.05) is 31.5 Å². The predicted molar refractivity (Wildman–Crippen MR) is 99.1 cm³/mol. The van der Waals surface area contributed by atoms with Crippen LogP contribution in [0.15, 0.2) is 28.8 Å². The molecule has 2 aromatic rings. The van der Waals surface area contributed by atoms with Crippen molar-refractivity contribution in [1.29, 1.82) is 0 Å². The van der Waals surface area contributed by atoms with Gasteiger partial charge in [0.05, 0.1) is 5.92 Å². The van der Waals surface area contributed by atoms with Crippen LogP contribution in [0, 0.1) is 5.92 Å². The van der Waals surface area contributed by atoms with Crippen molar-refractivity contribution in [3.8, 4) is 11.4 Å². The van der Waals surface area contributed by atoms with E-state index >= 15 is 0 Å². The highest BCUT2D eigenvalue weighted by Crippen LogP contribution is 2.21. The van der Waals surface area contributed by atoms with E-state index in [1.807, 2.05) is 12.1 Å². The van der Waals surface area contributed by atoms with Gasteiger partial charge in [-0.15, -0.1) is 0 Å². The lowest BCUT2D eigenvalue weighted by Gasteiger charge is -2.30. The lowest BCUT2D eigenvalue weighted by Crippen LogP contribution is -2.42. The van der Waals surface area contributed by atoms with Crippen LogP contribution in [0.4, 0.5) is 0 Å². The van der Waals surface area contributed by atoms with E-state index in [4.69, 9.17) is 9.63 Å². The molecule has 2 heterocycles. The number of carbonyl (C=O) groups is 2. The number of piperidine rings is 1. The summed E-state index contributed by atoms with van der Waals surface area (Å²) in [6, 6.07) is 8.04. The minimum Gasteiger partial charge on any atom is -0.481 e. The van der Waals surface area contributed by atoms with Crippen LogP contribution in [0.5, 0.6) is 0 Å². The molecule has 0 saturated carbocycles.